The number of benzene rings is 1. The number of aromatic nitrogens is 3. The third kappa shape index (κ3) is 5.75. The monoisotopic (exact) mass is 485 g/mol. The zero-order valence-corrected chi connectivity index (χ0v) is 20.5. The smallest absolute Gasteiger partial charge is 0.236 e. The largest absolute Gasteiger partial charge is 0.477 e. The first-order valence-corrected chi connectivity index (χ1v) is 13.0. The molecule has 0 bridgehead atoms. The van der Waals surface area contributed by atoms with Crippen LogP contribution in [0.1, 0.15) is 45.7 Å². The van der Waals surface area contributed by atoms with E-state index in [2.05, 4.69) is 25.0 Å². The summed E-state index contributed by atoms with van der Waals surface area (Å²) in [6, 6.07) is 7.43. The van der Waals surface area contributed by atoms with Crippen LogP contribution in [0.25, 0.3) is 11.3 Å². The van der Waals surface area contributed by atoms with E-state index in [1.165, 1.54) is 11.3 Å². The molecule has 0 spiro atoms. The molecule has 174 valence electrons. The minimum atomic E-state index is -1.11. The fraction of sp³-hybridized carbons (Fsp3) is 0.391. The summed E-state index contributed by atoms with van der Waals surface area (Å²) in [5, 5.41) is 5.59. The SMILES string of the molecule is CCCOc1cncc(-c2ccc(NC(=O)C(C)(C)c3csc(NS(=O)C4CC4)n3)cc2)n1. The van der Waals surface area contributed by atoms with Crippen molar-refractivity contribution in [2.24, 2.45) is 0 Å². The van der Waals surface area contributed by atoms with Crippen LogP contribution in [0.5, 0.6) is 5.88 Å². The lowest BCUT2D eigenvalue weighted by Gasteiger charge is -2.21. The van der Waals surface area contributed by atoms with Crippen LogP contribution in [-0.4, -0.2) is 36.9 Å². The lowest BCUT2D eigenvalue weighted by Crippen LogP contribution is -2.35. The summed E-state index contributed by atoms with van der Waals surface area (Å²) in [4.78, 5) is 26.2. The Morgan fingerprint density at radius 3 is 2.67 bits per heavy atom. The zero-order chi connectivity index (χ0) is 23.4. The predicted octanol–water partition coefficient (Wildman–Crippen LogP) is 4.54. The second-order valence-electron chi connectivity index (χ2n) is 8.38. The lowest BCUT2D eigenvalue weighted by molar-refractivity contribution is -0.120. The Kier molecular flexibility index (Phi) is 7.04. The standard InChI is InChI=1S/C23H27N5O3S2/c1-4-11-31-20-13-24-12-18(26-20)15-5-7-16(8-6-15)25-21(29)23(2,3)19-14-32-22(27-19)28-33(30)17-9-10-17/h5-8,12-14,17H,4,9-11H2,1-3H3,(H,25,29)(H,27,28). The highest BCUT2D eigenvalue weighted by Gasteiger charge is 2.33. The Hall–Kier alpha value is -2.85. The van der Waals surface area contributed by atoms with Gasteiger partial charge in [0.1, 0.15) is 11.0 Å². The maximum atomic E-state index is 13.0. The van der Waals surface area contributed by atoms with E-state index in [0.717, 1.165) is 24.8 Å². The molecule has 2 N–H and O–H groups in total. The van der Waals surface area contributed by atoms with Gasteiger partial charge in [-0.15, -0.1) is 11.3 Å². The summed E-state index contributed by atoms with van der Waals surface area (Å²) in [6.07, 6.45) is 6.14. The van der Waals surface area contributed by atoms with Crippen LogP contribution in [0.2, 0.25) is 0 Å². The molecule has 1 aliphatic rings. The van der Waals surface area contributed by atoms with E-state index >= 15 is 0 Å². The van der Waals surface area contributed by atoms with Gasteiger partial charge in [0.15, 0.2) is 5.13 Å². The first-order valence-electron chi connectivity index (χ1n) is 10.9. The van der Waals surface area contributed by atoms with Crippen LogP contribution in [0, 0.1) is 0 Å². The minimum absolute atomic E-state index is 0.176. The van der Waals surface area contributed by atoms with Crippen LogP contribution in [0.3, 0.4) is 0 Å². The van der Waals surface area contributed by atoms with Crippen molar-refractivity contribution >= 4 is 39.0 Å². The first-order chi connectivity index (χ1) is 15.9. The molecule has 3 aromatic rings. The number of anilines is 2. The fourth-order valence-corrected chi connectivity index (χ4v) is 5.06. The van der Waals surface area contributed by atoms with Gasteiger partial charge in [-0.1, -0.05) is 19.1 Å². The maximum Gasteiger partial charge on any atom is 0.236 e. The second kappa shape index (κ2) is 9.96. The van der Waals surface area contributed by atoms with Gasteiger partial charge in [-0.25, -0.2) is 14.2 Å². The van der Waals surface area contributed by atoms with Crippen molar-refractivity contribution in [3.8, 4) is 17.1 Å². The highest BCUT2D eigenvalue weighted by Crippen LogP contribution is 2.31. The van der Waals surface area contributed by atoms with Gasteiger partial charge in [-0.2, -0.15) is 0 Å². The molecule has 10 heteroatoms. The summed E-state index contributed by atoms with van der Waals surface area (Å²) in [5.74, 6) is 0.316. The highest BCUT2D eigenvalue weighted by molar-refractivity contribution is 7.87. The molecule has 1 aromatic carbocycles. The van der Waals surface area contributed by atoms with Gasteiger partial charge >= 0.3 is 0 Å². The third-order valence-corrected chi connectivity index (χ3v) is 7.59. The molecular formula is C23H27N5O3S2. The minimum Gasteiger partial charge on any atom is -0.477 e. The molecule has 2 aromatic heterocycles. The van der Waals surface area contributed by atoms with Crippen LogP contribution in [0.4, 0.5) is 10.8 Å². The van der Waals surface area contributed by atoms with Gasteiger partial charge in [-0.05, 0) is 45.2 Å². The Labute approximate surface area is 199 Å². The normalized spacial score (nSPS) is 14.5. The van der Waals surface area contributed by atoms with Crippen LogP contribution >= 0.6 is 11.3 Å². The predicted molar refractivity (Wildman–Crippen MR) is 132 cm³/mol. The number of ether oxygens (including phenoxy) is 1. The summed E-state index contributed by atoms with van der Waals surface area (Å²) in [6.45, 7) is 6.27. The third-order valence-electron chi connectivity index (χ3n) is 5.23. The number of rotatable bonds is 10. The average Bonchev–Trinajstić information content (AvgIpc) is 3.57. The number of hydrogen-bond donors (Lipinski definition) is 2. The maximum absolute atomic E-state index is 13.0. The molecule has 1 atom stereocenters. The lowest BCUT2D eigenvalue weighted by atomic mass is 9.89. The van der Waals surface area contributed by atoms with E-state index in [-0.39, 0.29) is 11.2 Å². The van der Waals surface area contributed by atoms with Crippen molar-refractivity contribution in [3.05, 3.63) is 47.7 Å². The molecule has 1 aliphatic carbocycles. The molecule has 1 fully saturated rings. The molecule has 4 rings (SSSR count). The number of carbonyl (C=O) groups excluding carboxylic acids is 1. The van der Waals surface area contributed by atoms with Crippen molar-refractivity contribution in [1.29, 1.82) is 0 Å². The fourth-order valence-electron chi connectivity index (χ4n) is 2.95. The number of hydrogen-bond acceptors (Lipinski definition) is 7. The van der Waals surface area contributed by atoms with Gasteiger partial charge in [0.2, 0.25) is 11.8 Å². The van der Waals surface area contributed by atoms with E-state index in [4.69, 9.17) is 4.74 Å². The zero-order valence-electron chi connectivity index (χ0n) is 18.8. The van der Waals surface area contributed by atoms with E-state index in [1.54, 1.807) is 12.4 Å². The van der Waals surface area contributed by atoms with E-state index in [0.29, 0.717) is 34.7 Å². The first kappa shape index (κ1) is 23.3. The number of thiazole rings is 1. The summed E-state index contributed by atoms with van der Waals surface area (Å²) < 4.78 is 20.6. The van der Waals surface area contributed by atoms with Crippen molar-refractivity contribution in [1.82, 2.24) is 15.0 Å². The number of amides is 1. The highest BCUT2D eigenvalue weighted by atomic mass is 32.2. The van der Waals surface area contributed by atoms with Gasteiger partial charge < -0.3 is 10.1 Å². The molecule has 1 saturated carbocycles. The van der Waals surface area contributed by atoms with Crippen LogP contribution in [-0.2, 0) is 21.2 Å². The van der Waals surface area contributed by atoms with Crippen molar-refractivity contribution in [2.45, 2.75) is 50.7 Å². The Morgan fingerprint density at radius 1 is 1.21 bits per heavy atom. The molecule has 0 radical (unpaired) electrons. The van der Waals surface area contributed by atoms with Crippen molar-refractivity contribution in [3.63, 3.8) is 0 Å². The molecule has 2 heterocycles. The van der Waals surface area contributed by atoms with Gasteiger partial charge in [0, 0.05) is 16.6 Å². The molecule has 0 saturated heterocycles. The topological polar surface area (TPSA) is 106 Å². The Bertz CT molecular complexity index is 1140. The number of nitrogens with zero attached hydrogens (tertiary/aromatic N) is 3. The second-order valence-corrected chi connectivity index (χ2v) is 10.7. The van der Waals surface area contributed by atoms with E-state index in [1.807, 2.05) is 50.4 Å². The van der Waals surface area contributed by atoms with Crippen LogP contribution in [0.15, 0.2) is 42.0 Å². The Balaban J connectivity index is 1.40. The molecule has 8 nitrogen and oxygen atoms in total. The molecular weight excluding hydrogens is 458 g/mol. The van der Waals surface area contributed by atoms with Crippen molar-refractivity contribution in [2.75, 3.05) is 16.6 Å². The van der Waals surface area contributed by atoms with Gasteiger partial charge in [0.25, 0.3) is 0 Å². The van der Waals surface area contributed by atoms with Crippen molar-refractivity contribution < 1.29 is 13.7 Å². The van der Waals surface area contributed by atoms with Gasteiger partial charge in [-0.3, -0.25) is 14.5 Å². The molecule has 1 amide bonds. The van der Waals surface area contributed by atoms with Gasteiger partial charge in [0.05, 0.1) is 41.1 Å². The average molecular weight is 486 g/mol. The summed E-state index contributed by atoms with van der Waals surface area (Å²) in [5.41, 5.74) is 2.03. The number of carbonyl (C=O) groups is 1. The summed E-state index contributed by atoms with van der Waals surface area (Å²) >= 11 is 1.36. The van der Waals surface area contributed by atoms with E-state index in [9.17, 15) is 9.00 Å². The molecule has 0 aliphatic heterocycles. The summed E-state index contributed by atoms with van der Waals surface area (Å²) in [7, 11) is -1.11. The number of nitrogens with one attached hydrogen (secondary N) is 2. The quantitative estimate of drug-likeness (QED) is 0.437. The Morgan fingerprint density at radius 2 is 1.97 bits per heavy atom. The molecule has 33 heavy (non-hydrogen) atoms. The van der Waals surface area contributed by atoms with Crippen LogP contribution < -0.4 is 14.8 Å². The molecule has 1 unspecified atom stereocenters. The van der Waals surface area contributed by atoms with E-state index < -0.39 is 16.4 Å².